The van der Waals surface area contributed by atoms with E-state index < -0.39 is 0 Å². The highest BCUT2D eigenvalue weighted by atomic mass is 15.8. The van der Waals surface area contributed by atoms with Gasteiger partial charge in [0.25, 0.3) is 0 Å². The van der Waals surface area contributed by atoms with Gasteiger partial charge in [0.2, 0.25) is 5.95 Å². The van der Waals surface area contributed by atoms with Crippen molar-refractivity contribution in [1.29, 1.82) is 0 Å². The second-order valence-corrected chi connectivity index (χ2v) is 5.41. The highest BCUT2D eigenvalue weighted by Crippen LogP contribution is 2.16. The predicted molar refractivity (Wildman–Crippen MR) is 92.6 cm³/mol. The molecule has 116 valence electrons. The number of fused-ring (bicyclic) bond motifs is 8. The summed E-state index contributed by atoms with van der Waals surface area (Å²) < 4.78 is 0. The van der Waals surface area contributed by atoms with E-state index in [0.29, 0.717) is 11.8 Å². The Morgan fingerprint density at radius 3 is 2.08 bits per heavy atom. The summed E-state index contributed by atoms with van der Waals surface area (Å²) in [5.41, 5.74) is 10.1. The average molecular weight is 316 g/mol. The lowest BCUT2D eigenvalue weighted by molar-refractivity contribution is 0.811. The number of hydrogen-bond acceptors (Lipinski definition) is 6. The molecule has 0 fully saturated rings. The fourth-order valence-electron chi connectivity index (χ4n) is 2.56. The fourth-order valence-corrected chi connectivity index (χ4v) is 2.56. The molecule has 4 aliphatic heterocycles. The number of anilines is 1. The van der Waals surface area contributed by atoms with Gasteiger partial charge in [-0.25, -0.2) is 25.6 Å². The molecule has 5 rings (SSSR count). The van der Waals surface area contributed by atoms with E-state index in [2.05, 4.69) is 36.0 Å². The maximum Gasteiger partial charge on any atom is 0.239 e. The first kappa shape index (κ1) is 12.8. The second kappa shape index (κ2) is 4.92. The van der Waals surface area contributed by atoms with E-state index in [1.165, 1.54) is 0 Å². The second-order valence-electron chi connectivity index (χ2n) is 5.41. The number of H-pyrrole nitrogens is 1. The number of hydrogen-bond donors (Lipinski definition) is 3. The van der Waals surface area contributed by atoms with Crippen LogP contribution in [0.15, 0.2) is 18.3 Å². The lowest BCUT2D eigenvalue weighted by Crippen LogP contribution is -2.14. The third kappa shape index (κ3) is 2.35. The van der Waals surface area contributed by atoms with Gasteiger partial charge in [0.05, 0.1) is 34.7 Å². The van der Waals surface area contributed by atoms with Crippen molar-refractivity contribution in [2.24, 2.45) is 0 Å². The molecule has 0 atom stereocenters. The molecule has 5 heterocycles. The Morgan fingerprint density at radius 1 is 0.667 bits per heavy atom. The average Bonchev–Trinajstić information content (AvgIpc) is 3.32. The number of rotatable bonds is 0. The van der Waals surface area contributed by atoms with Crippen LogP contribution in [0.1, 0.15) is 34.3 Å². The molecule has 0 spiro atoms. The molecule has 0 aromatic carbocycles. The standard InChI is InChI=1S/C16H12N8/c1-2-11-8-13-5-6-15(19-13)20-16-21-23-24(22-16)9-14-4-3-12(18-14)7-10(1)17-11/h1-9,23H,(H2,19,20,21,22). The Labute approximate surface area is 136 Å². The van der Waals surface area contributed by atoms with E-state index in [-0.39, 0.29) is 0 Å². The monoisotopic (exact) mass is 316 g/mol. The van der Waals surface area contributed by atoms with Crippen LogP contribution < -0.4 is 11.0 Å². The third-order valence-corrected chi connectivity index (χ3v) is 3.61. The number of hydrazine groups is 1. The summed E-state index contributed by atoms with van der Waals surface area (Å²) >= 11 is 0. The minimum Gasteiger partial charge on any atom is -0.252 e. The van der Waals surface area contributed by atoms with Gasteiger partial charge in [-0.15, -0.1) is 0 Å². The van der Waals surface area contributed by atoms with Gasteiger partial charge in [0, 0.05) is 0 Å². The fraction of sp³-hybridized carbons (Fsp3) is 0. The van der Waals surface area contributed by atoms with Crippen LogP contribution in [0.3, 0.4) is 0 Å². The summed E-state index contributed by atoms with van der Waals surface area (Å²) in [5.74, 6) is 1.16. The summed E-state index contributed by atoms with van der Waals surface area (Å²) in [5, 5.41) is 3.06. The molecule has 0 saturated carbocycles. The first-order valence-corrected chi connectivity index (χ1v) is 7.42. The molecule has 0 saturated heterocycles. The van der Waals surface area contributed by atoms with Gasteiger partial charge in [-0.1, -0.05) is 0 Å². The van der Waals surface area contributed by atoms with Crippen LogP contribution in [-0.2, 0) is 0 Å². The van der Waals surface area contributed by atoms with Crippen LogP contribution in [0.4, 0.5) is 5.95 Å². The molecule has 8 heteroatoms. The maximum absolute atomic E-state index is 4.56. The van der Waals surface area contributed by atoms with Crippen LogP contribution in [0.25, 0.3) is 36.5 Å². The molecular weight excluding hydrogens is 304 g/mol. The predicted octanol–water partition coefficient (Wildman–Crippen LogP) is 2.10. The van der Waals surface area contributed by atoms with Crippen LogP contribution >= 0.6 is 0 Å². The minimum atomic E-state index is 0.551. The third-order valence-electron chi connectivity index (χ3n) is 3.61. The Balaban J connectivity index is 1.79. The molecule has 1 aromatic rings. The van der Waals surface area contributed by atoms with Gasteiger partial charge in [0.1, 0.15) is 0 Å². The van der Waals surface area contributed by atoms with Crippen molar-refractivity contribution in [3.63, 3.8) is 0 Å². The molecule has 1 aromatic heterocycles. The maximum atomic E-state index is 4.56. The zero-order valence-electron chi connectivity index (χ0n) is 12.4. The molecule has 3 N–H and O–H groups in total. The first-order chi connectivity index (χ1) is 11.8. The van der Waals surface area contributed by atoms with Gasteiger partial charge in [0.15, 0.2) is 5.82 Å². The molecule has 8 bridgehead atoms. The van der Waals surface area contributed by atoms with E-state index in [0.717, 1.165) is 28.5 Å². The number of aromatic nitrogens is 6. The van der Waals surface area contributed by atoms with Gasteiger partial charge in [-0.3, -0.25) is 5.43 Å². The Morgan fingerprint density at radius 2 is 1.29 bits per heavy atom. The van der Waals surface area contributed by atoms with Crippen LogP contribution in [0, 0.1) is 0 Å². The molecule has 0 aliphatic carbocycles. The first-order valence-electron chi connectivity index (χ1n) is 7.42. The zero-order valence-corrected chi connectivity index (χ0v) is 12.4. The lowest BCUT2D eigenvalue weighted by Gasteiger charge is -1.96. The van der Waals surface area contributed by atoms with Gasteiger partial charge >= 0.3 is 0 Å². The quantitative estimate of drug-likeness (QED) is 0.460. The highest BCUT2D eigenvalue weighted by molar-refractivity contribution is 5.76. The molecular formula is C16H12N8. The normalized spacial score (nSPS) is 14.0. The minimum absolute atomic E-state index is 0.551. The van der Waals surface area contributed by atoms with Crippen molar-refractivity contribution >= 4 is 42.4 Å². The number of aromatic amines is 1. The largest absolute Gasteiger partial charge is 0.252 e. The van der Waals surface area contributed by atoms with Gasteiger partial charge in [-0.05, 0) is 48.6 Å². The summed E-state index contributed by atoms with van der Waals surface area (Å²) in [4.78, 5) is 19.6. The molecule has 8 nitrogen and oxygen atoms in total. The Bertz CT molecular complexity index is 943. The van der Waals surface area contributed by atoms with Gasteiger partial charge < -0.3 is 0 Å². The Hall–Kier alpha value is -3.68. The van der Waals surface area contributed by atoms with Crippen molar-refractivity contribution in [3.8, 4) is 0 Å². The van der Waals surface area contributed by atoms with E-state index in [1.807, 2.05) is 54.8 Å². The molecule has 0 radical (unpaired) electrons. The molecule has 0 unspecified atom stereocenters. The van der Waals surface area contributed by atoms with E-state index in [4.69, 9.17) is 0 Å². The van der Waals surface area contributed by atoms with Crippen LogP contribution in [0.2, 0.25) is 0 Å². The highest BCUT2D eigenvalue weighted by Gasteiger charge is 2.07. The van der Waals surface area contributed by atoms with Crippen molar-refractivity contribution in [2.75, 3.05) is 11.0 Å². The van der Waals surface area contributed by atoms with E-state index in [1.54, 1.807) is 4.79 Å². The summed E-state index contributed by atoms with van der Waals surface area (Å²) in [6.07, 6.45) is 13.4. The summed E-state index contributed by atoms with van der Waals surface area (Å²) in [6.45, 7) is 0. The smallest absolute Gasteiger partial charge is 0.239 e. The lowest BCUT2D eigenvalue weighted by atomic mass is 10.3. The van der Waals surface area contributed by atoms with Gasteiger partial charge in [-0.2, -0.15) is 9.77 Å². The molecule has 4 aliphatic rings. The van der Waals surface area contributed by atoms with E-state index in [9.17, 15) is 0 Å². The van der Waals surface area contributed by atoms with Crippen molar-refractivity contribution in [3.05, 3.63) is 52.6 Å². The topological polar surface area (TPSA) is 96.3 Å². The van der Waals surface area contributed by atoms with Crippen molar-refractivity contribution < 1.29 is 0 Å². The summed E-state index contributed by atoms with van der Waals surface area (Å²) in [6, 6.07) is 3.87. The summed E-state index contributed by atoms with van der Waals surface area (Å²) in [7, 11) is 0. The number of nitrogens with one attached hydrogen (secondary N) is 3. The SMILES string of the molecule is C1=Cc2cc3nc(nc4[nH]n(cc5nc(cc1n2)C=C5)NN4)C=C3. The zero-order chi connectivity index (χ0) is 15.9. The molecule has 24 heavy (non-hydrogen) atoms. The van der Waals surface area contributed by atoms with E-state index >= 15 is 0 Å². The van der Waals surface area contributed by atoms with Crippen LogP contribution in [-0.4, -0.2) is 29.8 Å². The van der Waals surface area contributed by atoms with Crippen molar-refractivity contribution in [2.45, 2.75) is 0 Å². The van der Waals surface area contributed by atoms with Crippen LogP contribution in [0.5, 0.6) is 0 Å². The number of nitrogens with zero attached hydrogens (tertiary/aromatic N) is 5. The van der Waals surface area contributed by atoms with Crippen molar-refractivity contribution in [1.82, 2.24) is 29.8 Å². The molecule has 0 amide bonds. The Kier molecular flexibility index (Phi) is 2.63.